The summed E-state index contributed by atoms with van der Waals surface area (Å²) in [6.45, 7) is 3.57. The number of ether oxygens (including phenoxy) is 2. The summed E-state index contributed by atoms with van der Waals surface area (Å²) < 4.78 is 12.5. The van der Waals surface area contributed by atoms with Gasteiger partial charge in [0.25, 0.3) is 0 Å². The van der Waals surface area contributed by atoms with Crippen molar-refractivity contribution < 1.29 is 14.3 Å². The maximum Gasteiger partial charge on any atom is 0.343 e. The predicted molar refractivity (Wildman–Crippen MR) is 89.9 cm³/mol. The number of H-pyrrole nitrogens is 1. The first-order chi connectivity index (χ1) is 11.7. The van der Waals surface area contributed by atoms with Crippen molar-refractivity contribution in [1.82, 2.24) is 14.8 Å². The molecule has 0 bridgehead atoms. The van der Waals surface area contributed by atoms with Gasteiger partial charge in [-0.15, -0.1) is 5.10 Å². The van der Waals surface area contributed by atoms with E-state index in [1.54, 1.807) is 18.2 Å². The molecule has 1 amide bonds. The Hall–Kier alpha value is -2.42. The highest BCUT2D eigenvalue weighted by atomic mass is 32.2. The van der Waals surface area contributed by atoms with Crippen molar-refractivity contribution in [3.05, 3.63) is 28.7 Å². The Kier molecular flexibility index (Phi) is 5.09. The number of amides is 1. The fraction of sp³-hybridized carbons (Fsp3) is 0.400. The average molecular weight is 350 g/mol. The Morgan fingerprint density at radius 2 is 2.17 bits per heavy atom. The van der Waals surface area contributed by atoms with Crippen LogP contribution in [0.15, 0.2) is 28.2 Å². The summed E-state index contributed by atoms with van der Waals surface area (Å²) in [5.41, 5.74) is 0.379. The van der Waals surface area contributed by atoms with Crippen molar-refractivity contribution in [2.45, 2.75) is 25.0 Å². The Labute approximate surface area is 142 Å². The van der Waals surface area contributed by atoms with E-state index >= 15 is 0 Å². The minimum absolute atomic E-state index is 0.155. The van der Waals surface area contributed by atoms with Gasteiger partial charge in [0, 0.05) is 18.3 Å². The minimum Gasteiger partial charge on any atom is -0.486 e. The van der Waals surface area contributed by atoms with Crippen molar-refractivity contribution in [3.8, 4) is 11.5 Å². The van der Waals surface area contributed by atoms with Crippen LogP contribution in [0.5, 0.6) is 11.5 Å². The molecular formula is C15H18N4O4S. The third kappa shape index (κ3) is 3.73. The first kappa shape index (κ1) is 16.4. The van der Waals surface area contributed by atoms with Crippen molar-refractivity contribution in [1.29, 1.82) is 0 Å². The summed E-state index contributed by atoms with van der Waals surface area (Å²) in [6.07, 6.45) is 0.816. The lowest BCUT2D eigenvalue weighted by atomic mass is 10.2. The van der Waals surface area contributed by atoms with E-state index < -0.39 is 0 Å². The second-order valence-electron chi connectivity index (χ2n) is 5.16. The number of nitrogens with one attached hydrogen (secondary N) is 2. The smallest absolute Gasteiger partial charge is 0.343 e. The topological polar surface area (TPSA) is 98.2 Å². The van der Waals surface area contributed by atoms with Crippen LogP contribution in [0.2, 0.25) is 0 Å². The Morgan fingerprint density at radius 3 is 2.96 bits per heavy atom. The van der Waals surface area contributed by atoms with Gasteiger partial charge in [0.1, 0.15) is 13.2 Å². The molecule has 8 nitrogen and oxygen atoms in total. The summed E-state index contributed by atoms with van der Waals surface area (Å²) in [7, 11) is 0. The monoisotopic (exact) mass is 350 g/mol. The maximum atomic E-state index is 12.1. The third-order valence-corrected chi connectivity index (χ3v) is 4.31. The zero-order valence-corrected chi connectivity index (χ0v) is 14.0. The molecule has 2 aromatic rings. The fourth-order valence-electron chi connectivity index (χ4n) is 2.28. The molecule has 1 aromatic heterocycles. The van der Waals surface area contributed by atoms with Crippen molar-refractivity contribution in [2.75, 3.05) is 24.3 Å². The van der Waals surface area contributed by atoms with Gasteiger partial charge >= 0.3 is 5.69 Å². The number of carbonyl (C=O) groups is 1. The van der Waals surface area contributed by atoms with Gasteiger partial charge in [-0.2, -0.15) is 0 Å². The molecule has 0 saturated heterocycles. The number of aromatic nitrogens is 3. The molecule has 0 saturated carbocycles. The molecule has 1 aliphatic heterocycles. The molecule has 0 fully saturated rings. The number of fused-ring (bicyclic) bond motifs is 1. The van der Waals surface area contributed by atoms with Crippen molar-refractivity contribution in [3.63, 3.8) is 0 Å². The number of carbonyl (C=O) groups excluding carboxylic acids is 1. The van der Waals surface area contributed by atoms with Crippen LogP contribution in [0, 0.1) is 0 Å². The van der Waals surface area contributed by atoms with Crippen LogP contribution in [0.3, 0.4) is 0 Å². The molecule has 0 radical (unpaired) electrons. The second-order valence-corrected chi connectivity index (χ2v) is 6.10. The van der Waals surface area contributed by atoms with Crippen LogP contribution in [-0.4, -0.2) is 39.6 Å². The van der Waals surface area contributed by atoms with Crippen molar-refractivity contribution in [2.24, 2.45) is 0 Å². The van der Waals surface area contributed by atoms with Gasteiger partial charge in [0.2, 0.25) is 5.91 Å². The number of benzene rings is 1. The number of hydrogen-bond donors (Lipinski definition) is 2. The molecule has 0 spiro atoms. The van der Waals surface area contributed by atoms with E-state index in [1.165, 1.54) is 16.3 Å². The van der Waals surface area contributed by atoms with Gasteiger partial charge in [0.05, 0.1) is 5.75 Å². The molecule has 0 aliphatic carbocycles. The van der Waals surface area contributed by atoms with Gasteiger partial charge < -0.3 is 14.8 Å². The predicted octanol–water partition coefficient (Wildman–Crippen LogP) is 1.48. The van der Waals surface area contributed by atoms with Gasteiger partial charge in [-0.3, -0.25) is 9.36 Å². The molecule has 24 heavy (non-hydrogen) atoms. The molecule has 9 heteroatoms. The third-order valence-electron chi connectivity index (χ3n) is 3.33. The summed E-state index contributed by atoms with van der Waals surface area (Å²) >= 11 is 1.22. The van der Waals surface area contributed by atoms with E-state index in [1.807, 2.05) is 6.92 Å². The number of aromatic amines is 1. The summed E-state index contributed by atoms with van der Waals surface area (Å²) in [5, 5.41) is 9.66. The first-order valence-electron chi connectivity index (χ1n) is 7.65. The van der Waals surface area contributed by atoms with Gasteiger partial charge in [-0.25, -0.2) is 9.89 Å². The number of rotatable bonds is 6. The first-order valence-corrected chi connectivity index (χ1v) is 8.63. The Bertz CT molecular complexity index is 786. The van der Waals surface area contributed by atoms with Gasteiger partial charge in [-0.05, 0) is 18.6 Å². The standard InChI is InChI=1S/C15H18N4O4S/c1-2-5-19-14(21)17-18-15(19)24-9-13(20)16-10-3-4-11-12(8-10)23-7-6-22-11/h3-4,8H,2,5-7,9H2,1H3,(H,16,20)(H,17,21). The molecule has 1 aromatic carbocycles. The minimum atomic E-state index is -0.258. The summed E-state index contributed by atoms with van der Waals surface area (Å²) in [5.74, 6) is 1.27. The molecule has 2 heterocycles. The van der Waals surface area contributed by atoms with E-state index in [-0.39, 0.29) is 17.3 Å². The number of anilines is 1. The quantitative estimate of drug-likeness (QED) is 0.766. The lowest BCUT2D eigenvalue weighted by molar-refractivity contribution is -0.113. The molecule has 2 N–H and O–H groups in total. The van der Waals surface area contributed by atoms with Gasteiger partial charge in [-0.1, -0.05) is 18.7 Å². The summed E-state index contributed by atoms with van der Waals surface area (Å²) in [6, 6.07) is 5.26. The highest BCUT2D eigenvalue weighted by Gasteiger charge is 2.14. The molecule has 0 atom stereocenters. The van der Waals surface area contributed by atoms with Crippen LogP contribution in [0.25, 0.3) is 0 Å². The Morgan fingerprint density at radius 1 is 1.38 bits per heavy atom. The van der Waals surface area contributed by atoms with Crippen LogP contribution < -0.4 is 20.5 Å². The number of hydrogen-bond acceptors (Lipinski definition) is 6. The molecule has 128 valence electrons. The molecule has 0 unspecified atom stereocenters. The number of nitrogens with zero attached hydrogens (tertiary/aromatic N) is 2. The SMILES string of the molecule is CCCn1c(SCC(=O)Nc2ccc3c(c2)OCCO3)n[nH]c1=O. The van der Waals surface area contributed by atoms with E-state index in [0.29, 0.717) is 42.1 Å². The number of thioether (sulfide) groups is 1. The lowest BCUT2D eigenvalue weighted by Crippen LogP contribution is -2.19. The molecular weight excluding hydrogens is 332 g/mol. The lowest BCUT2D eigenvalue weighted by Gasteiger charge is -2.18. The maximum absolute atomic E-state index is 12.1. The zero-order chi connectivity index (χ0) is 16.9. The summed E-state index contributed by atoms with van der Waals surface area (Å²) in [4.78, 5) is 23.7. The Balaban J connectivity index is 1.59. The van der Waals surface area contributed by atoms with E-state index in [2.05, 4.69) is 15.5 Å². The molecule has 1 aliphatic rings. The van der Waals surface area contributed by atoms with E-state index in [0.717, 1.165) is 6.42 Å². The highest BCUT2D eigenvalue weighted by molar-refractivity contribution is 7.99. The largest absolute Gasteiger partial charge is 0.486 e. The second kappa shape index (κ2) is 7.43. The normalized spacial score (nSPS) is 12.9. The highest BCUT2D eigenvalue weighted by Crippen LogP contribution is 2.32. The fourth-order valence-corrected chi connectivity index (χ4v) is 3.06. The van der Waals surface area contributed by atoms with Crippen LogP contribution in [0.4, 0.5) is 5.69 Å². The zero-order valence-electron chi connectivity index (χ0n) is 13.2. The average Bonchev–Trinajstić information content (AvgIpc) is 2.94. The van der Waals surface area contributed by atoms with Crippen LogP contribution >= 0.6 is 11.8 Å². The van der Waals surface area contributed by atoms with Gasteiger partial charge in [0.15, 0.2) is 16.7 Å². The van der Waals surface area contributed by atoms with Crippen molar-refractivity contribution >= 4 is 23.4 Å². The van der Waals surface area contributed by atoms with E-state index in [4.69, 9.17) is 9.47 Å². The van der Waals surface area contributed by atoms with E-state index in [9.17, 15) is 9.59 Å². The molecule has 3 rings (SSSR count). The van der Waals surface area contributed by atoms with Crippen LogP contribution in [-0.2, 0) is 11.3 Å². The van der Waals surface area contributed by atoms with Crippen LogP contribution in [0.1, 0.15) is 13.3 Å².